The van der Waals surface area contributed by atoms with E-state index in [1.165, 1.54) is 34.1 Å². The van der Waals surface area contributed by atoms with E-state index in [0.29, 0.717) is 0 Å². The van der Waals surface area contributed by atoms with E-state index in [4.69, 9.17) is 0 Å². The van der Waals surface area contributed by atoms with Gasteiger partial charge in [0.1, 0.15) is 29.5 Å². The van der Waals surface area contributed by atoms with E-state index in [0.717, 1.165) is 18.2 Å². The fraction of sp³-hybridized carbons (Fsp3) is 0.312. The van der Waals surface area contributed by atoms with Gasteiger partial charge in [0.15, 0.2) is 0 Å². The van der Waals surface area contributed by atoms with E-state index in [1.54, 1.807) is 0 Å². The first-order valence-electron chi connectivity index (χ1n) is 6.74. The summed E-state index contributed by atoms with van der Waals surface area (Å²) in [5, 5.41) is 2.45. The molecule has 0 aromatic heterocycles. The van der Waals surface area contributed by atoms with Gasteiger partial charge in [0.05, 0.1) is 14.2 Å². The molecule has 0 unspecified atom stereocenters. The minimum Gasteiger partial charge on any atom is -0.469 e. The smallest absolute Gasteiger partial charge is 0.332 e. The maximum absolute atomic E-state index is 13.2. The summed E-state index contributed by atoms with van der Waals surface area (Å²) in [6.45, 7) is 2.85. The Labute approximate surface area is 138 Å². The summed E-state index contributed by atoms with van der Waals surface area (Å²) in [4.78, 5) is 31.1. The molecule has 0 saturated heterocycles. The van der Waals surface area contributed by atoms with E-state index in [2.05, 4.69) is 14.8 Å². The number of esters is 2. The first kappa shape index (κ1) is 21.2. The molecule has 0 saturated carbocycles. The molecule has 1 aromatic rings. The minimum atomic E-state index is -0.724. The maximum Gasteiger partial charge on any atom is 0.332 e. The third kappa shape index (κ3) is 8.62. The molecule has 1 aromatic carbocycles. The number of halogens is 2. The number of carbonyl (C=O) groups is 3. The molecule has 0 aliphatic carbocycles. The molecule has 6 nitrogen and oxygen atoms in total. The molecular weight excluding hydrogens is 324 g/mol. The molecule has 0 bridgehead atoms. The third-order valence-electron chi connectivity index (χ3n) is 2.44. The number of hydrogen-bond donors (Lipinski definition) is 1. The molecule has 24 heavy (non-hydrogen) atoms. The van der Waals surface area contributed by atoms with Crippen molar-refractivity contribution in [3.05, 3.63) is 41.6 Å². The van der Waals surface area contributed by atoms with Crippen LogP contribution in [0.15, 0.2) is 30.0 Å². The molecule has 132 valence electrons. The van der Waals surface area contributed by atoms with Crippen molar-refractivity contribution in [2.24, 2.45) is 0 Å². The molecule has 0 heterocycles. The van der Waals surface area contributed by atoms with E-state index < -0.39 is 23.6 Å². The van der Waals surface area contributed by atoms with E-state index in [1.807, 2.05) is 0 Å². The lowest BCUT2D eigenvalue weighted by Crippen LogP contribution is -2.05. The zero-order valence-corrected chi connectivity index (χ0v) is 13.8. The molecule has 8 heteroatoms. The molecule has 0 atom stereocenters. The standard InChI is InChI=1S/C11H11F2NO2.C5H8O3/c1-7(6-10(15)16-2)14-11-8(12)4-3-5-9(11)13;1-4(6)3-5(7)8-2/h3-6,14H,1-2H3;3H2,1-2H3/b7-6-;. The summed E-state index contributed by atoms with van der Waals surface area (Å²) >= 11 is 0. The van der Waals surface area contributed by atoms with Crippen molar-refractivity contribution in [2.75, 3.05) is 19.5 Å². The van der Waals surface area contributed by atoms with Crippen LogP contribution < -0.4 is 5.32 Å². The molecule has 0 aliphatic heterocycles. The second kappa shape index (κ2) is 10.9. The lowest BCUT2D eigenvalue weighted by molar-refractivity contribution is -0.143. The predicted molar refractivity (Wildman–Crippen MR) is 83.1 cm³/mol. The van der Waals surface area contributed by atoms with Crippen molar-refractivity contribution in [2.45, 2.75) is 20.3 Å². The van der Waals surface area contributed by atoms with Gasteiger partial charge in [-0.15, -0.1) is 0 Å². The monoisotopic (exact) mass is 343 g/mol. The summed E-state index contributed by atoms with van der Waals surface area (Å²) < 4.78 is 34.9. The highest BCUT2D eigenvalue weighted by atomic mass is 19.1. The summed E-state index contributed by atoms with van der Waals surface area (Å²) in [6, 6.07) is 3.50. The lowest BCUT2D eigenvalue weighted by atomic mass is 10.2. The zero-order valence-electron chi connectivity index (χ0n) is 13.8. The van der Waals surface area contributed by atoms with Crippen LogP contribution in [0.2, 0.25) is 0 Å². The average Bonchev–Trinajstić information content (AvgIpc) is 2.50. The first-order chi connectivity index (χ1) is 11.2. The van der Waals surface area contributed by atoms with Gasteiger partial charge < -0.3 is 14.8 Å². The van der Waals surface area contributed by atoms with E-state index in [9.17, 15) is 23.2 Å². The number of allylic oxidation sites excluding steroid dienone is 1. The van der Waals surface area contributed by atoms with Crippen LogP contribution in [0.5, 0.6) is 0 Å². The van der Waals surface area contributed by atoms with Crippen molar-refractivity contribution in [1.29, 1.82) is 0 Å². The van der Waals surface area contributed by atoms with Gasteiger partial charge in [0, 0.05) is 11.8 Å². The Morgan fingerprint density at radius 2 is 1.62 bits per heavy atom. The van der Waals surface area contributed by atoms with Crippen molar-refractivity contribution < 1.29 is 32.6 Å². The molecule has 0 aliphatic rings. The van der Waals surface area contributed by atoms with Crippen LogP contribution in [0, 0.1) is 11.6 Å². The van der Waals surface area contributed by atoms with Gasteiger partial charge in [0.25, 0.3) is 0 Å². The summed E-state index contributed by atoms with van der Waals surface area (Å²) in [6.07, 6.45) is 0.988. The van der Waals surface area contributed by atoms with Crippen LogP contribution in [-0.2, 0) is 23.9 Å². The van der Waals surface area contributed by atoms with Gasteiger partial charge in [-0.1, -0.05) is 6.07 Å². The van der Waals surface area contributed by atoms with Crippen LogP contribution >= 0.6 is 0 Å². The molecule has 0 spiro atoms. The number of carbonyl (C=O) groups excluding carboxylic acids is 3. The van der Waals surface area contributed by atoms with Gasteiger partial charge in [-0.25, -0.2) is 13.6 Å². The highest BCUT2D eigenvalue weighted by Gasteiger charge is 2.08. The molecular formula is C16H19F2NO5. The summed E-state index contributed by atoms with van der Waals surface area (Å²) in [5.41, 5.74) is -0.00370. The van der Waals surface area contributed by atoms with Gasteiger partial charge in [0.2, 0.25) is 0 Å². The average molecular weight is 343 g/mol. The van der Waals surface area contributed by atoms with Gasteiger partial charge >= 0.3 is 11.9 Å². The number of ketones is 1. The topological polar surface area (TPSA) is 81.7 Å². The molecule has 0 amide bonds. The number of benzene rings is 1. The van der Waals surface area contributed by atoms with Crippen LogP contribution in [0.25, 0.3) is 0 Å². The van der Waals surface area contributed by atoms with Crippen LogP contribution in [0.1, 0.15) is 20.3 Å². The Hall–Kier alpha value is -2.77. The number of ether oxygens (including phenoxy) is 2. The van der Waals surface area contributed by atoms with Crippen molar-refractivity contribution in [3.63, 3.8) is 0 Å². The normalized spacial score (nSPS) is 10.2. The maximum atomic E-state index is 13.2. The Kier molecular flexibility index (Phi) is 9.62. The third-order valence-corrected chi connectivity index (χ3v) is 2.44. The fourth-order valence-electron chi connectivity index (χ4n) is 1.36. The minimum absolute atomic E-state index is 0.115. The number of Topliss-reactive ketones (excluding diaryl/α,β-unsaturated/α-hetero) is 1. The van der Waals surface area contributed by atoms with Crippen LogP contribution in [0.3, 0.4) is 0 Å². The molecule has 1 rings (SSSR count). The van der Waals surface area contributed by atoms with Crippen molar-refractivity contribution in [3.8, 4) is 0 Å². The Morgan fingerprint density at radius 3 is 2.00 bits per heavy atom. The van der Waals surface area contributed by atoms with Crippen molar-refractivity contribution in [1.82, 2.24) is 0 Å². The quantitative estimate of drug-likeness (QED) is 0.503. The Bertz CT molecular complexity index is 609. The largest absolute Gasteiger partial charge is 0.469 e. The van der Waals surface area contributed by atoms with Crippen LogP contribution in [0.4, 0.5) is 14.5 Å². The number of rotatable bonds is 5. The van der Waals surface area contributed by atoms with Gasteiger partial charge in [-0.2, -0.15) is 0 Å². The number of para-hydroxylation sites is 1. The van der Waals surface area contributed by atoms with E-state index >= 15 is 0 Å². The Balaban J connectivity index is 0.000000561. The molecule has 0 radical (unpaired) electrons. The number of methoxy groups -OCH3 is 2. The van der Waals surface area contributed by atoms with Crippen molar-refractivity contribution >= 4 is 23.4 Å². The summed E-state index contributed by atoms with van der Waals surface area (Å²) in [5.74, 6) is -2.69. The van der Waals surface area contributed by atoms with E-state index in [-0.39, 0.29) is 23.6 Å². The van der Waals surface area contributed by atoms with Crippen LogP contribution in [-0.4, -0.2) is 31.9 Å². The lowest BCUT2D eigenvalue weighted by Gasteiger charge is -2.08. The van der Waals surface area contributed by atoms with Gasteiger partial charge in [-0.3, -0.25) is 9.59 Å². The molecule has 1 N–H and O–H groups in total. The molecule has 0 fully saturated rings. The second-order valence-electron chi connectivity index (χ2n) is 4.53. The number of anilines is 1. The van der Waals surface area contributed by atoms with Gasteiger partial charge in [-0.05, 0) is 26.0 Å². The fourth-order valence-corrected chi connectivity index (χ4v) is 1.36. The first-order valence-corrected chi connectivity index (χ1v) is 6.74. The Morgan fingerprint density at radius 1 is 1.08 bits per heavy atom. The summed E-state index contributed by atoms with van der Waals surface area (Å²) in [7, 11) is 2.47. The second-order valence-corrected chi connectivity index (χ2v) is 4.53. The number of nitrogens with one attached hydrogen (secondary N) is 1. The highest BCUT2D eigenvalue weighted by molar-refractivity contribution is 5.94. The highest BCUT2D eigenvalue weighted by Crippen LogP contribution is 2.19. The number of hydrogen-bond acceptors (Lipinski definition) is 6. The SMILES string of the molecule is COC(=O)/C=C(/C)Nc1c(F)cccc1F.COC(=O)CC(C)=O. The predicted octanol–water partition coefficient (Wildman–Crippen LogP) is 2.59. The zero-order chi connectivity index (χ0) is 18.7.